The van der Waals surface area contributed by atoms with Gasteiger partial charge in [-0.05, 0) is 24.2 Å². The number of nitrogens with zero attached hydrogens (tertiary/aromatic N) is 2. The van der Waals surface area contributed by atoms with Gasteiger partial charge in [-0.1, -0.05) is 38.1 Å². The Bertz CT molecular complexity index is 458. The first kappa shape index (κ1) is 15.0. The van der Waals surface area contributed by atoms with Crippen molar-refractivity contribution in [1.82, 2.24) is 9.80 Å². The fraction of sp³-hybridized carbons (Fsp3) is 0.562. The fourth-order valence-electron chi connectivity index (χ4n) is 2.88. The van der Waals surface area contributed by atoms with Crippen molar-refractivity contribution in [2.45, 2.75) is 26.3 Å². The summed E-state index contributed by atoms with van der Waals surface area (Å²) < 4.78 is 0. The van der Waals surface area contributed by atoms with Gasteiger partial charge in [0.1, 0.15) is 0 Å². The number of hydrogen-bond acceptors (Lipinski definition) is 3. The van der Waals surface area contributed by atoms with Gasteiger partial charge in [0.25, 0.3) is 0 Å². The first-order valence-corrected chi connectivity index (χ1v) is 7.41. The molecule has 1 aromatic carbocycles. The van der Waals surface area contributed by atoms with Crippen LogP contribution in [0.1, 0.15) is 30.9 Å². The molecule has 1 aromatic rings. The highest BCUT2D eigenvalue weighted by Crippen LogP contribution is 2.28. The quantitative estimate of drug-likeness (QED) is 0.863. The SMILES string of the molecule is CCN(CC)CCN1Cc2ccccc2C(C(=O)O)C1. The van der Waals surface area contributed by atoms with E-state index >= 15 is 0 Å². The molecule has 0 aromatic heterocycles. The number of aliphatic carboxylic acids is 1. The van der Waals surface area contributed by atoms with E-state index in [2.05, 4.69) is 29.7 Å². The van der Waals surface area contributed by atoms with Crippen LogP contribution < -0.4 is 0 Å². The standard InChI is InChI=1S/C16H24N2O2/c1-3-17(4-2)9-10-18-11-13-7-5-6-8-14(13)15(12-18)16(19)20/h5-8,15H,3-4,9-12H2,1-2H3,(H,19,20). The molecular formula is C16H24N2O2. The van der Waals surface area contributed by atoms with Crippen molar-refractivity contribution in [2.24, 2.45) is 0 Å². The zero-order chi connectivity index (χ0) is 14.5. The van der Waals surface area contributed by atoms with Crippen LogP contribution in [0, 0.1) is 0 Å². The lowest BCUT2D eigenvalue weighted by molar-refractivity contribution is -0.139. The molecular weight excluding hydrogens is 252 g/mol. The lowest BCUT2D eigenvalue weighted by Crippen LogP contribution is -2.41. The highest BCUT2D eigenvalue weighted by Gasteiger charge is 2.29. The Morgan fingerprint density at radius 3 is 2.70 bits per heavy atom. The van der Waals surface area contributed by atoms with Gasteiger partial charge in [-0.25, -0.2) is 0 Å². The number of likely N-dealkylation sites (N-methyl/N-ethyl adjacent to an activating group) is 1. The third-order valence-corrected chi connectivity index (χ3v) is 4.19. The normalized spacial score (nSPS) is 19.1. The summed E-state index contributed by atoms with van der Waals surface area (Å²) >= 11 is 0. The zero-order valence-corrected chi connectivity index (χ0v) is 12.4. The van der Waals surface area contributed by atoms with Crippen molar-refractivity contribution in [2.75, 3.05) is 32.7 Å². The molecule has 0 saturated heterocycles. The third kappa shape index (κ3) is 3.38. The largest absolute Gasteiger partial charge is 0.481 e. The first-order valence-electron chi connectivity index (χ1n) is 7.41. The summed E-state index contributed by atoms with van der Waals surface area (Å²) in [4.78, 5) is 16.1. The molecule has 0 bridgehead atoms. The van der Waals surface area contributed by atoms with E-state index in [0.29, 0.717) is 6.54 Å². The highest BCUT2D eigenvalue weighted by molar-refractivity contribution is 5.77. The minimum absolute atomic E-state index is 0.392. The first-order chi connectivity index (χ1) is 9.65. The molecule has 1 aliphatic heterocycles. The Kier molecular flexibility index (Phi) is 5.15. The van der Waals surface area contributed by atoms with Gasteiger partial charge in [-0.2, -0.15) is 0 Å². The van der Waals surface area contributed by atoms with E-state index in [9.17, 15) is 9.90 Å². The van der Waals surface area contributed by atoms with Crippen LogP contribution in [0.2, 0.25) is 0 Å². The van der Waals surface area contributed by atoms with Gasteiger partial charge >= 0.3 is 5.97 Å². The highest BCUT2D eigenvalue weighted by atomic mass is 16.4. The van der Waals surface area contributed by atoms with Crippen molar-refractivity contribution in [3.63, 3.8) is 0 Å². The van der Waals surface area contributed by atoms with Gasteiger partial charge in [-0.15, -0.1) is 0 Å². The molecule has 1 N–H and O–H groups in total. The van der Waals surface area contributed by atoms with Crippen molar-refractivity contribution in [3.05, 3.63) is 35.4 Å². The number of fused-ring (bicyclic) bond motifs is 1. The summed E-state index contributed by atoms with van der Waals surface area (Å²) in [7, 11) is 0. The van der Waals surface area contributed by atoms with Gasteiger partial charge in [-0.3, -0.25) is 9.69 Å². The number of carboxylic acids is 1. The van der Waals surface area contributed by atoms with Crippen LogP contribution in [0.3, 0.4) is 0 Å². The number of rotatable bonds is 6. The number of benzene rings is 1. The van der Waals surface area contributed by atoms with E-state index in [1.165, 1.54) is 0 Å². The maximum absolute atomic E-state index is 11.5. The summed E-state index contributed by atoms with van der Waals surface area (Å²) in [6.45, 7) is 9.83. The summed E-state index contributed by atoms with van der Waals surface area (Å²) in [5.74, 6) is -1.11. The lowest BCUT2D eigenvalue weighted by Gasteiger charge is -2.34. The molecule has 0 aliphatic carbocycles. The lowest BCUT2D eigenvalue weighted by atomic mass is 9.90. The predicted octanol–water partition coefficient (Wildman–Crippen LogP) is 2.01. The fourth-order valence-corrected chi connectivity index (χ4v) is 2.88. The average molecular weight is 276 g/mol. The van der Waals surface area contributed by atoms with Crippen LogP contribution >= 0.6 is 0 Å². The molecule has 110 valence electrons. The molecule has 1 aliphatic rings. The third-order valence-electron chi connectivity index (χ3n) is 4.19. The maximum Gasteiger partial charge on any atom is 0.312 e. The van der Waals surface area contributed by atoms with Crippen molar-refractivity contribution in [3.8, 4) is 0 Å². The topological polar surface area (TPSA) is 43.8 Å². The number of carboxylic acid groups (broad SMARTS) is 1. The van der Waals surface area contributed by atoms with Crippen molar-refractivity contribution < 1.29 is 9.90 Å². The summed E-state index contributed by atoms with van der Waals surface area (Å²) in [6, 6.07) is 7.93. The summed E-state index contributed by atoms with van der Waals surface area (Å²) in [5.41, 5.74) is 2.14. The summed E-state index contributed by atoms with van der Waals surface area (Å²) in [5, 5.41) is 9.44. The smallest absolute Gasteiger partial charge is 0.312 e. The van der Waals surface area contributed by atoms with Crippen LogP contribution in [0.5, 0.6) is 0 Å². The maximum atomic E-state index is 11.5. The van der Waals surface area contributed by atoms with Crippen LogP contribution in [0.25, 0.3) is 0 Å². The Labute approximate surface area is 121 Å². The molecule has 4 nitrogen and oxygen atoms in total. The van der Waals surface area contributed by atoms with E-state index in [1.54, 1.807) is 0 Å². The second kappa shape index (κ2) is 6.86. The van der Waals surface area contributed by atoms with E-state index in [0.717, 1.165) is 43.9 Å². The minimum Gasteiger partial charge on any atom is -0.481 e. The minimum atomic E-state index is -0.718. The Morgan fingerprint density at radius 1 is 1.35 bits per heavy atom. The second-order valence-corrected chi connectivity index (χ2v) is 5.35. The number of hydrogen-bond donors (Lipinski definition) is 1. The van der Waals surface area contributed by atoms with Gasteiger partial charge in [0.15, 0.2) is 0 Å². The molecule has 0 amide bonds. The monoisotopic (exact) mass is 276 g/mol. The Hall–Kier alpha value is -1.39. The van der Waals surface area contributed by atoms with E-state index in [-0.39, 0.29) is 0 Å². The molecule has 0 radical (unpaired) electrons. The molecule has 0 fully saturated rings. The van der Waals surface area contributed by atoms with Crippen LogP contribution in [-0.2, 0) is 11.3 Å². The summed E-state index contributed by atoms with van der Waals surface area (Å²) in [6.07, 6.45) is 0. The van der Waals surface area contributed by atoms with Crippen LogP contribution in [0.15, 0.2) is 24.3 Å². The molecule has 1 heterocycles. The molecule has 0 saturated carbocycles. The van der Waals surface area contributed by atoms with Crippen molar-refractivity contribution in [1.29, 1.82) is 0 Å². The van der Waals surface area contributed by atoms with Crippen LogP contribution in [0.4, 0.5) is 0 Å². The van der Waals surface area contributed by atoms with Gasteiger partial charge < -0.3 is 10.0 Å². The van der Waals surface area contributed by atoms with Gasteiger partial charge in [0.05, 0.1) is 5.92 Å². The van der Waals surface area contributed by atoms with Gasteiger partial charge in [0.2, 0.25) is 0 Å². The second-order valence-electron chi connectivity index (χ2n) is 5.35. The molecule has 1 unspecified atom stereocenters. The van der Waals surface area contributed by atoms with E-state index < -0.39 is 11.9 Å². The van der Waals surface area contributed by atoms with Gasteiger partial charge in [0, 0.05) is 26.2 Å². The predicted molar refractivity (Wildman–Crippen MR) is 79.9 cm³/mol. The van der Waals surface area contributed by atoms with Crippen LogP contribution in [-0.4, -0.2) is 53.6 Å². The Morgan fingerprint density at radius 2 is 2.05 bits per heavy atom. The average Bonchev–Trinajstić information content (AvgIpc) is 2.47. The molecule has 0 spiro atoms. The zero-order valence-electron chi connectivity index (χ0n) is 12.4. The van der Waals surface area contributed by atoms with E-state index in [1.807, 2.05) is 18.2 Å². The number of carbonyl (C=O) groups is 1. The molecule has 20 heavy (non-hydrogen) atoms. The molecule has 2 rings (SSSR count). The van der Waals surface area contributed by atoms with Crippen molar-refractivity contribution >= 4 is 5.97 Å². The van der Waals surface area contributed by atoms with E-state index in [4.69, 9.17) is 0 Å². The Balaban J connectivity index is 2.06. The molecule has 1 atom stereocenters. The molecule has 4 heteroatoms.